The molecule has 0 aliphatic heterocycles. The maximum atomic E-state index is 9.46. The molecule has 1 aromatic carbocycles. The average molecular weight is 280 g/mol. The molecule has 4 nitrogen and oxygen atoms in total. The lowest BCUT2D eigenvalue weighted by Gasteiger charge is -2.11. The van der Waals surface area contributed by atoms with Gasteiger partial charge in [0, 0.05) is 17.5 Å². The van der Waals surface area contributed by atoms with Crippen LogP contribution in [0.3, 0.4) is 0 Å². The molecule has 0 saturated carbocycles. The summed E-state index contributed by atoms with van der Waals surface area (Å²) in [6, 6.07) is 10.1. The third kappa shape index (κ3) is 2.31. The van der Waals surface area contributed by atoms with Gasteiger partial charge < -0.3 is 4.74 Å². The lowest BCUT2D eigenvalue weighted by molar-refractivity contribution is -0.372. The number of nitrogens with one attached hydrogen (secondary N) is 1. The van der Waals surface area contributed by atoms with Crippen molar-refractivity contribution in [2.24, 2.45) is 0 Å². The predicted molar refractivity (Wildman–Crippen MR) is 80.8 cm³/mol. The smallest absolute Gasteiger partial charge is 0.289 e. The minimum Gasteiger partial charge on any atom is -0.494 e. The van der Waals surface area contributed by atoms with E-state index in [1.165, 1.54) is 5.56 Å². The van der Waals surface area contributed by atoms with E-state index >= 15 is 0 Å². The number of anilines is 1. The molecular formula is C17H18N3O+. The Morgan fingerprint density at radius 2 is 2.05 bits per heavy atom. The monoisotopic (exact) mass is 280 g/mol. The van der Waals surface area contributed by atoms with Gasteiger partial charge in [0.15, 0.2) is 0 Å². The normalized spacial score (nSPS) is 12.8. The number of nitrogens with zero attached hydrogens (tertiary/aromatic N) is 1. The van der Waals surface area contributed by atoms with Crippen molar-refractivity contribution in [3.8, 4) is 22.9 Å². The van der Waals surface area contributed by atoms with E-state index in [0.29, 0.717) is 18.0 Å². The minimum absolute atomic E-state index is 0.460. The number of fused-ring (bicyclic) bond motifs is 1. The van der Waals surface area contributed by atoms with E-state index in [-0.39, 0.29) is 0 Å². The molecule has 0 amide bonds. The van der Waals surface area contributed by atoms with Gasteiger partial charge >= 0.3 is 0 Å². The second kappa shape index (κ2) is 5.45. The van der Waals surface area contributed by atoms with Gasteiger partial charge in [-0.1, -0.05) is 12.1 Å². The molecule has 4 heteroatoms. The number of hydrogen-bond donors (Lipinski definition) is 1. The number of nitriles is 1. The van der Waals surface area contributed by atoms with Gasteiger partial charge in [0.25, 0.3) is 5.82 Å². The number of aromatic nitrogens is 1. The molecule has 1 heterocycles. The van der Waals surface area contributed by atoms with E-state index in [4.69, 9.17) is 10.5 Å². The van der Waals surface area contributed by atoms with E-state index in [1.807, 2.05) is 31.2 Å². The number of aromatic amines is 1. The lowest BCUT2D eigenvalue weighted by atomic mass is 9.95. The van der Waals surface area contributed by atoms with Crippen LogP contribution in [0.5, 0.6) is 5.75 Å². The molecule has 106 valence electrons. The van der Waals surface area contributed by atoms with Gasteiger partial charge in [0.05, 0.1) is 6.61 Å². The number of aryl methyl sites for hydroxylation is 1. The number of hydrogen-bond acceptors (Lipinski definition) is 3. The average Bonchev–Trinajstić information content (AvgIpc) is 2.95. The van der Waals surface area contributed by atoms with Crippen LogP contribution in [-0.4, -0.2) is 6.61 Å². The highest BCUT2D eigenvalue weighted by Crippen LogP contribution is 2.35. The number of pyridine rings is 1. The maximum absolute atomic E-state index is 9.46. The quantitative estimate of drug-likeness (QED) is 0.938. The van der Waals surface area contributed by atoms with Crippen molar-refractivity contribution in [3.05, 3.63) is 41.1 Å². The van der Waals surface area contributed by atoms with Crippen LogP contribution in [0.15, 0.2) is 24.3 Å². The highest BCUT2D eigenvalue weighted by Gasteiger charge is 2.25. The summed E-state index contributed by atoms with van der Waals surface area (Å²) in [6.07, 6.45) is 3.09. The minimum atomic E-state index is 0.460. The first-order chi connectivity index (χ1) is 10.2. The second-order valence-electron chi connectivity index (χ2n) is 5.17. The fourth-order valence-corrected chi connectivity index (χ4v) is 2.99. The molecule has 0 radical (unpaired) electrons. The molecule has 0 saturated heterocycles. The molecule has 0 spiro atoms. The molecule has 2 aromatic rings. The molecule has 21 heavy (non-hydrogen) atoms. The molecule has 1 aliphatic carbocycles. The van der Waals surface area contributed by atoms with Crippen molar-refractivity contribution in [1.29, 1.82) is 5.26 Å². The van der Waals surface area contributed by atoms with Crippen LogP contribution in [-0.2, 0) is 12.8 Å². The third-order valence-corrected chi connectivity index (χ3v) is 3.89. The summed E-state index contributed by atoms with van der Waals surface area (Å²) in [5.41, 5.74) is 10.9. The number of H-pyrrole nitrogens is 1. The largest absolute Gasteiger partial charge is 0.494 e. The zero-order valence-electron chi connectivity index (χ0n) is 12.1. The van der Waals surface area contributed by atoms with Crippen LogP contribution in [0.2, 0.25) is 0 Å². The van der Waals surface area contributed by atoms with Crippen LogP contribution >= 0.6 is 0 Å². The van der Waals surface area contributed by atoms with Gasteiger partial charge in [-0.15, -0.1) is 0 Å². The summed E-state index contributed by atoms with van der Waals surface area (Å²) in [5.74, 6) is 1.30. The first-order valence-corrected chi connectivity index (χ1v) is 7.24. The Morgan fingerprint density at radius 1 is 1.29 bits per heavy atom. The highest BCUT2D eigenvalue weighted by atomic mass is 16.5. The fourth-order valence-electron chi connectivity index (χ4n) is 2.99. The Labute approximate surface area is 124 Å². The molecule has 3 N–H and O–H groups in total. The Hall–Kier alpha value is -2.54. The molecule has 1 aliphatic rings. The number of ether oxygens (including phenoxy) is 1. The van der Waals surface area contributed by atoms with E-state index in [1.54, 1.807) is 0 Å². The van der Waals surface area contributed by atoms with Gasteiger partial charge in [0.1, 0.15) is 23.1 Å². The van der Waals surface area contributed by atoms with Crippen LogP contribution in [0.1, 0.15) is 30.2 Å². The molecule has 3 rings (SSSR count). The molecule has 0 unspecified atom stereocenters. The van der Waals surface area contributed by atoms with E-state index in [0.717, 1.165) is 41.8 Å². The first kappa shape index (κ1) is 13.4. The Bertz CT molecular complexity index is 714. The Morgan fingerprint density at radius 3 is 2.71 bits per heavy atom. The van der Waals surface area contributed by atoms with Gasteiger partial charge in [-0.3, -0.25) is 5.73 Å². The van der Waals surface area contributed by atoms with Crippen molar-refractivity contribution in [2.45, 2.75) is 26.2 Å². The van der Waals surface area contributed by atoms with Crippen molar-refractivity contribution >= 4 is 5.82 Å². The van der Waals surface area contributed by atoms with E-state index < -0.39 is 0 Å². The summed E-state index contributed by atoms with van der Waals surface area (Å²) in [4.78, 5) is 3.18. The van der Waals surface area contributed by atoms with Crippen LogP contribution < -0.4 is 15.5 Å². The summed E-state index contributed by atoms with van der Waals surface area (Å²) in [7, 11) is 0. The summed E-state index contributed by atoms with van der Waals surface area (Å²) in [5, 5.41) is 9.46. The molecule has 0 atom stereocenters. The molecule has 1 aromatic heterocycles. The van der Waals surface area contributed by atoms with Crippen molar-refractivity contribution in [3.63, 3.8) is 0 Å². The Balaban J connectivity index is 2.15. The molecule has 0 fully saturated rings. The van der Waals surface area contributed by atoms with Crippen LogP contribution in [0.4, 0.5) is 5.82 Å². The highest BCUT2D eigenvalue weighted by molar-refractivity contribution is 5.78. The zero-order valence-corrected chi connectivity index (χ0v) is 12.1. The van der Waals surface area contributed by atoms with Crippen LogP contribution in [0, 0.1) is 11.3 Å². The summed E-state index contributed by atoms with van der Waals surface area (Å²) >= 11 is 0. The van der Waals surface area contributed by atoms with E-state index in [2.05, 4.69) is 11.1 Å². The SMILES string of the molecule is CCOc1ccc(-c2c(C#N)c(N)[nH+]c3c2CCC3)cc1. The van der Waals surface area contributed by atoms with Gasteiger partial charge in [-0.05, 0) is 37.5 Å². The van der Waals surface area contributed by atoms with Crippen molar-refractivity contribution in [2.75, 3.05) is 12.3 Å². The topological polar surface area (TPSA) is 73.2 Å². The first-order valence-electron chi connectivity index (χ1n) is 7.24. The van der Waals surface area contributed by atoms with Crippen molar-refractivity contribution < 1.29 is 9.72 Å². The number of rotatable bonds is 3. The summed E-state index contributed by atoms with van der Waals surface area (Å²) in [6.45, 7) is 2.60. The fraction of sp³-hybridized carbons (Fsp3) is 0.294. The number of nitrogens with two attached hydrogens (primary N) is 1. The third-order valence-electron chi connectivity index (χ3n) is 3.89. The van der Waals surface area contributed by atoms with Gasteiger partial charge in [-0.25, -0.2) is 4.98 Å². The summed E-state index contributed by atoms with van der Waals surface area (Å²) < 4.78 is 5.47. The standard InChI is InChI=1S/C17H17N3O/c1-2-21-12-8-6-11(7-9-12)16-13-4-3-5-15(13)20-17(19)14(16)10-18/h6-9H,2-5H2,1H3,(H2,19,20)/p+1. The molecule has 0 bridgehead atoms. The van der Waals surface area contributed by atoms with Gasteiger partial charge in [-0.2, -0.15) is 5.26 Å². The number of benzene rings is 1. The van der Waals surface area contributed by atoms with E-state index in [9.17, 15) is 5.26 Å². The zero-order chi connectivity index (χ0) is 14.8. The number of nitrogen functional groups attached to an aromatic ring is 1. The molecular weight excluding hydrogens is 262 g/mol. The van der Waals surface area contributed by atoms with Crippen LogP contribution in [0.25, 0.3) is 11.1 Å². The maximum Gasteiger partial charge on any atom is 0.289 e. The predicted octanol–water partition coefficient (Wildman–Crippen LogP) is 2.51. The second-order valence-corrected chi connectivity index (χ2v) is 5.17. The Kier molecular flexibility index (Phi) is 3.49. The van der Waals surface area contributed by atoms with Crippen molar-refractivity contribution in [1.82, 2.24) is 0 Å². The van der Waals surface area contributed by atoms with Gasteiger partial charge in [0.2, 0.25) is 0 Å². The lowest BCUT2D eigenvalue weighted by Crippen LogP contribution is -2.19.